The minimum Gasteiger partial charge on any atom is -0.475 e. The third-order valence-corrected chi connectivity index (χ3v) is 4.73. The molecule has 0 unspecified atom stereocenters. The second-order valence-corrected chi connectivity index (χ2v) is 7.23. The van der Waals surface area contributed by atoms with Crippen molar-refractivity contribution >= 4 is 11.9 Å². The normalized spacial score (nSPS) is 12.7. The Morgan fingerprint density at radius 3 is 2.44 bits per heavy atom. The van der Waals surface area contributed by atoms with E-state index in [1.54, 1.807) is 6.07 Å². The van der Waals surface area contributed by atoms with Gasteiger partial charge < -0.3 is 20.1 Å². The summed E-state index contributed by atoms with van der Waals surface area (Å²) in [7, 11) is 0. The van der Waals surface area contributed by atoms with Gasteiger partial charge in [-0.05, 0) is 56.0 Å². The van der Waals surface area contributed by atoms with Crippen molar-refractivity contribution in [1.29, 1.82) is 0 Å². The summed E-state index contributed by atoms with van der Waals surface area (Å²) in [6.07, 6.45) is 2.23. The van der Waals surface area contributed by atoms with Crippen molar-refractivity contribution in [2.45, 2.75) is 38.4 Å². The highest BCUT2D eigenvalue weighted by atomic mass is 19.4. The predicted molar refractivity (Wildman–Crippen MR) is 111 cm³/mol. The number of nitrogens with zero attached hydrogens (tertiary/aromatic N) is 2. The maximum absolute atomic E-state index is 13.0. The molecule has 180 valence electrons. The molecule has 34 heavy (non-hydrogen) atoms. The lowest BCUT2D eigenvalue weighted by Gasteiger charge is -2.10. The van der Waals surface area contributed by atoms with Crippen molar-refractivity contribution in [2.24, 2.45) is 0 Å². The molecule has 1 aliphatic rings. The number of aromatic amines is 1. The lowest BCUT2D eigenvalue weighted by atomic mass is 10.0. The molecule has 0 saturated carbocycles. The van der Waals surface area contributed by atoms with Crippen LogP contribution in [-0.4, -0.2) is 38.1 Å². The molecule has 2 aromatic heterocycles. The number of nitrogens with one attached hydrogen (secondary N) is 2. The maximum Gasteiger partial charge on any atom is 0.490 e. The fourth-order valence-electron chi connectivity index (χ4n) is 3.13. The van der Waals surface area contributed by atoms with E-state index in [-0.39, 0.29) is 11.7 Å². The van der Waals surface area contributed by atoms with E-state index in [4.69, 9.17) is 14.6 Å². The first-order chi connectivity index (χ1) is 16.1. The average Bonchev–Trinajstić information content (AvgIpc) is 3.22. The number of halogens is 4. The van der Waals surface area contributed by atoms with Gasteiger partial charge in [-0.1, -0.05) is 0 Å². The van der Waals surface area contributed by atoms with Crippen molar-refractivity contribution in [3.05, 3.63) is 71.3 Å². The number of H-pyrrole nitrogens is 1. The summed E-state index contributed by atoms with van der Waals surface area (Å²) in [6, 6.07) is 7.17. The van der Waals surface area contributed by atoms with Crippen LogP contribution in [0.15, 0.2) is 42.7 Å². The van der Waals surface area contributed by atoms with Gasteiger partial charge in [-0.25, -0.2) is 14.2 Å². The molecule has 0 saturated heterocycles. The van der Waals surface area contributed by atoms with Crippen LogP contribution in [0.25, 0.3) is 0 Å². The minimum absolute atomic E-state index is 0.288. The molecule has 1 aliphatic carbocycles. The van der Waals surface area contributed by atoms with Crippen LogP contribution in [0.5, 0.6) is 11.5 Å². The van der Waals surface area contributed by atoms with Crippen molar-refractivity contribution in [3.8, 4) is 11.5 Å². The summed E-state index contributed by atoms with van der Waals surface area (Å²) in [4.78, 5) is 33.4. The number of carboxylic acids is 1. The van der Waals surface area contributed by atoms with E-state index in [0.717, 1.165) is 30.8 Å². The number of amides is 1. The number of carbonyl (C=O) groups is 2. The molecule has 3 aromatic rings. The highest BCUT2D eigenvalue weighted by Crippen LogP contribution is 2.25. The van der Waals surface area contributed by atoms with E-state index >= 15 is 0 Å². The van der Waals surface area contributed by atoms with E-state index in [1.807, 2.05) is 0 Å². The summed E-state index contributed by atoms with van der Waals surface area (Å²) >= 11 is 0. The van der Waals surface area contributed by atoms with Crippen LogP contribution in [-0.2, 0) is 24.2 Å². The molecule has 12 heteroatoms. The number of hydrogen-bond acceptors (Lipinski definition) is 5. The predicted octanol–water partition coefficient (Wildman–Crippen LogP) is 4.18. The van der Waals surface area contributed by atoms with Gasteiger partial charge in [0.2, 0.25) is 0 Å². The lowest BCUT2D eigenvalue weighted by Crippen LogP contribution is -2.24. The number of carboxylic acid groups (broad SMARTS) is 1. The molecule has 0 fully saturated rings. The van der Waals surface area contributed by atoms with Gasteiger partial charge in [-0.2, -0.15) is 13.2 Å². The Labute approximate surface area is 191 Å². The zero-order chi connectivity index (χ0) is 24.7. The number of ether oxygens (including phenoxy) is 1. The van der Waals surface area contributed by atoms with Crippen LogP contribution in [0, 0.1) is 5.82 Å². The fourth-order valence-corrected chi connectivity index (χ4v) is 3.13. The van der Waals surface area contributed by atoms with Gasteiger partial charge in [0.1, 0.15) is 17.4 Å². The Morgan fingerprint density at radius 2 is 1.79 bits per heavy atom. The molecule has 8 nitrogen and oxygen atoms in total. The lowest BCUT2D eigenvalue weighted by molar-refractivity contribution is -0.192. The van der Waals surface area contributed by atoms with Gasteiger partial charge in [0.25, 0.3) is 5.91 Å². The molecule has 2 heterocycles. The van der Waals surface area contributed by atoms with Crippen LogP contribution in [0.4, 0.5) is 17.6 Å². The Bertz CT molecular complexity index is 1120. The van der Waals surface area contributed by atoms with Crippen LogP contribution >= 0.6 is 0 Å². The highest BCUT2D eigenvalue weighted by Gasteiger charge is 2.38. The number of carbonyl (C=O) groups excluding carboxylic acids is 1. The number of fused-ring (bicyclic) bond motifs is 1. The van der Waals surface area contributed by atoms with E-state index in [2.05, 4.69) is 20.3 Å². The molecule has 0 spiro atoms. The van der Waals surface area contributed by atoms with E-state index < -0.39 is 12.1 Å². The largest absolute Gasteiger partial charge is 0.490 e. The first kappa shape index (κ1) is 24.7. The molecular weight excluding hydrogens is 460 g/mol. The monoisotopic (exact) mass is 480 g/mol. The topological polar surface area (TPSA) is 117 Å². The molecule has 0 aliphatic heterocycles. The average molecular weight is 480 g/mol. The number of pyridine rings is 1. The number of alkyl halides is 3. The summed E-state index contributed by atoms with van der Waals surface area (Å²) in [5, 5.41) is 9.98. The van der Waals surface area contributed by atoms with Gasteiger partial charge in [-0.15, -0.1) is 0 Å². The Morgan fingerprint density at radius 1 is 1.12 bits per heavy atom. The third-order valence-electron chi connectivity index (χ3n) is 4.73. The van der Waals surface area contributed by atoms with Gasteiger partial charge in [-0.3, -0.25) is 9.78 Å². The molecule has 4 rings (SSSR count). The standard InChI is InChI=1S/C20H19FN4O2.C2HF3O2/c21-13-5-7-14(8-6-13)27-18-11-22-10-9-15(18)20(26)23-12-19-24-16-3-1-2-4-17(16)25-19;3-2(4,5)1(6)7/h5-11H,1-4,12H2,(H,23,26)(H,24,25);(H,6,7). The SMILES string of the molecule is O=C(NCc1nc2c([nH]1)CCCC2)c1ccncc1Oc1ccc(F)cc1.O=C(O)C(F)(F)F. The molecular formula is C22H20F4N4O4. The second kappa shape index (κ2) is 10.8. The second-order valence-electron chi connectivity index (χ2n) is 7.23. The molecule has 1 amide bonds. The van der Waals surface area contributed by atoms with Crippen molar-refractivity contribution in [3.63, 3.8) is 0 Å². The Balaban J connectivity index is 0.000000406. The van der Waals surface area contributed by atoms with Crippen LogP contribution in [0.2, 0.25) is 0 Å². The minimum atomic E-state index is -5.08. The molecule has 1 aromatic carbocycles. The van der Waals surface area contributed by atoms with Crippen molar-refractivity contribution < 1.29 is 37.0 Å². The number of imidazole rings is 1. The summed E-state index contributed by atoms with van der Waals surface area (Å²) in [5.74, 6) is -1.91. The molecule has 0 bridgehead atoms. The van der Waals surface area contributed by atoms with E-state index in [0.29, 0.717) is 23.6 Å². The number of rotatable bonds is 5. The summed E-state index contributed by atoms with van der Waals surface area (Å²) in [6.45, 7) is 0.310. The zero-order valence-corrected chi connectivity index (χ0v) is 17.7. The molecule has 0 atom stereocenters. The van der Waals surface area contributed by atoms with Crippen molar-refractivity contribution in [2.75, 3.05) is 0 Å². The summed E-state index contributed by atoms with van der Waals surface area (Å²) in [5.41, 5.74) is 2.63. The number of aromatic nitrogens is 3. The molecule has 0 radical (unpaired) electrons. The quantitative estimate of drug-likeness (QED) is 0.472. The smallest absolute Gasteiger partial charge is 0.475 e. The first-order valence-corrected chi connectivity index (χ1v) is 10.2. The number of hydrogen-bond donors (Lipinski definition) is 3. The van der Waals surface area contributed by atoms with Crippen LogP contribution in [0.3, 0.4) is 0 Å². The van der Waals surface area contributed by atoms with E-state index in [1.165, 1.54) is 48.8 Å². The first-order valence-electron chi connectivity index (χ1n) is 10.2. The van der Waals surface area contributed by atoms with Crippen molar-refractivity contribution in [1.82, 2.24) is 20.3 Å². The summed E-state index contributed by atoms with van der Waals surface area (Å²) < 4.78 is 50.5. The highest BCUT2D eigenvalue weighted by molar-refractivity contribution is 5.96. The third kappa shape index (κ3) is 6.77. The number of aliphatic carboxylic acids is 1. The van der Waals surface area contributed by atoms with Crippen LogP contribution in [0.1, 0.15) is 40.4 Å². The number of aryl methyl sites for hydroxylation is 2. The Hall–Kier alpha value is -3.96. The zero-order valence-electron chi connectivity index (χ0n) is 17.7. The fraction of sp³-hybridized carbons (Fsp3) is 0.273. The van der Waals surface area contributed by atoms with Gasteiger partial charge in [0.15, 0.2) is 5.75 Å². The number of benzene rings is 1. The Kier molecular flexibility index (Phi) is 7.82. The van der Waals surface area contributed by atoms with Gasteiger partial charge >= 0.3 is 12.1 Å². The van der Waals surface area contributed by atoms with Gasteiger partial charge in [0, 0.05) is 11.9 Å². The van der Waals surface area contributed by atoms with E-state index in [9.17, 15) is 22.4 Å². The van der Waals surface area contributed by atoms with Gasteiger partial charge in [0.05, 0.1) is 24.0 Å². The maximum atomic E-state index is 13.0. The van der Waals surface area contributed by atoms with Crippen LogP contribution < -0.4 is 10.1 Å². The molecule has 3 N–H and O–H groups in total.